The fourth-order valence-electron chi connectivity index (χ4n) is 12.1. The third-order valence-electron chi connectivity index (χ3n) is 14.3. The minimum atomic E-state index is -4.17. The number of allylic oxidation sites excluding steroid dienone is 2. The molecule has 0 fully saturated rings. The van der Waals surface area contributed by atoms with Crippen molar-refractivity contribution in [3.63, 3.8) is 0 Å². The molecule has 0 radical (unpaired) electrons. The normalized spacial score (nSPS) is 16.8. The topological polar surface area (TPSA) is 0 Å². The van der Waals surface area contributed by atoms with Gasteiger partial charge in [0.2, 0.25) is 0 Å². The molecule has 0 aromatic heterocycles. The van der Waals surface area contributed by atoms with E-state index in [0.29, 0.717) is 8.45 Å². The van der Waals surface area contributed by atoms with Gasteiger partial charge in [0.25, 0.3) is 0 Å². The van der Waals surface area contributed by atoms with E-state index in [1.165, 1.54) is 54.9 Å². The zero-order chi connectivity index (χ0) is 39.5. The van der Waals surface area contributed by atoms with Crippen LogP contribution in [0.5, 0.6) is 0 Å². The molecule has 0 aliphatic heterocycles. The minimum absolute atomic E-state index is 0.371. The van der Waals surface area contributed by atoms with Crippen molar-refractivity contribution in [1.29, 1.82) is 0 Å². The van der Waals surface area contributed by atoms with Crippen molar-refractivity contribution < 1.29 is 14.6 Å². The van der Waals surface area contributed by atoms with Gasteiger partial charge < -0.3 is 0 Å². The van der Waals surface area contributed by atoms with Crippen LogP contribution in [0.2, 0.25) is 10.5 Å². The summed E-state index contributed by atoms with van der Waals surface area (Å²) in [5.74, 6) is 0. The zero-order valence-electron chi connectivity index (χ0n) is 34.1. The standard InChI is InChI=1S/2C21H17.C12H11Si.2CH3.Ti/c2*1-2-15-13-17-9-6-12-20(21(17)14-15)19-11-5-8-16-7-3-4-10-18(16)19;1-3-7-11(8-4-1)13-12-9-5-2-6-10-12;;;/h2*3-14H,2H2,1H3;1-10,13H;2*1H3;. The van der Waals surface area contributed by atoms with Crippen LogP contribution in [0.4, 0.5) is 0 Å². The van der Waals surface area contributed by atoms with Crippen molar-refractivity contribution in [1.82, 2.24) is 0 Å². The van der Waals surface area contributed by atoms with E-state index in [9.17, 15) is 0 Å². The summed E-state index contributed by atoms with van der Waals surface area (Å²) in [6.45, 7) is 2.88. The average Bonchev–Trinajstić information content (AvgIpc) is 3.87. The quantitative estimate of drug-likeness (QED) is 0.128. The molecule has 2 heteroatoms. The first-order valence-corrected chi connectivity index (χ1v) is 30.7. The molecule has 0 N–H and O–H groups in total. The number of rotatable bonds is 9. The van der Waals surface area contributed by atoms with E-state index in [-0.39, 0.29) is 0 Å². The van der Waals surface area contributed by atoms with Crippen LogP contribution in [0.1, 0.15) is 57.4 Å². The molecule has 0 saturated carbocycles. The second-order valence-corrected chi connectivity index (χ2v) is 40.4. The van der Waals surface area contributed by atoms with Crippen LogP contribution in [0.15, 0.2) is 193 Å². The van der Waals surface area contributed by atoms with Gasteiger partial charge in [-0.1, -0.05) is 0 Å². The first kappa shape index (κ1) is 37.0. The van der Waals surface area contributed by atoms with E-state index in [0.717, 1.165) is 12.8 Å². The van der Waals surface area contributed by atoms with Crippen molar-refractivity contribution >= 4 is 50.7 Å². The second-order valence-electron chi connectivity index (χ2n) is 17.7. The van der Waals surface area contributed by atoms with E-state index < -0.39 is 21.2 Å². The second kappa shape index (κ2) is 14.5. The summed E-state index contributed by atoms with van der Waals surface area (Å²) in [6.07, 6.45) is 7.40. The number of hydrogen-bond donors (Lipinski definition) is 0. The van der Waals surface area contributed by atoms with Gasteiger partial charge in [0, 0.05) is 0 Å². The molecule has 58 heavy (non-hydrogen) atoms. The molecular formula is C56H51SiTi. The van der Waals surface area contributed by atoms with Gasteiger partial charge in [0.05, 0.1) is 0 Å². The van der Waals surface area contributed by atoms with Gasteiger partial charge in [-0.15, -0.1) is 0 Å². The average molecular weight is 800 g/mol. The van der Waals surface area contributed by atoms with Gasteiger partial charge in [0.15, 0.2) is 0 Å². The Bertz CT molecular complexity index is 2710. The Labute approximate surface area is 346 Å². The van der Waals surface area contributed by atoms with Crippen LogP contribution in [-0.4, -0.2) is 6.66 Å². The van der Waals surface area contributed by atoms with Crippen LogP contribution in [0.3, 0.4) is 0 Å². The Balaban J connectivity index is 1.29. The van der Waals surface area contributed by atoms with Crippen LogP contribution in [-0.2, 0) is 14.6 Å². The molecule has 0 saturated heterocycles. The molecule has 8 aromatic carbocycles. The SMILES string of the molecule is CCC1=Cc2c(-c3cccc4ccccc34)cccc2[CH]1[Ti]([CH3])([CH3])([CH]1C(CC)=Cc2c(-c3cccc4ccccc34)cccc21)[SiH](c1ccccc1)c1ccccc1. The molecule has 2 aliphatic carbocycles. The summed E-state index contributed by atoms with van der Waals surface area (Å²) >= 11 is -4.17. The summed E-state index contributed by atoms with van der Waals surface area (Å²) in [5, 5.41) is 14.3. The van der Waals surface area contributed by atoms with E-state index in [1.807, 2.05) is 0 Å². The summed E-state index contributed by atoms with van der Waals surface area (Å²) in [6, 6.07) is 69.7. The Hall–Kier alpha value is -5.31. The molecule has 2 aliphatic rings. The van der Waals surface area contributed by atoms with Crippen molar-refractivity contribution in [2.45, 2.75) is 45.6 Å². The van der Waals surface area contributed by atoms with Crippen LogP contribution < -0.4 is 10.4 Å². The van der Waals surface area contributed by atoms with Gasteiger partial charge >= 0.3 is 349 Å². The summed E-state index contributed by atoms with van der Waals surface area (Å²) in [7, 11) is 0. The molecule has 0 heterocycles. The molecule has 0 nitrogen and oxygen atoms in total. The molecule has 0 spiro atoms. The molecule has 283 valence electrons. The van der Waals surface area contributed by atoms with E-state index >= 15 is 0 Å². The Kier molecular flexibility index (Phi) is 9.25. The Morgan fingerprint density at radius 3 is 1.19 bits per heavy atom. The van der Waals surface area contributed by atoms with Crippen LogP contribution >= 0.6 is 0 Å². The first-order valence-electron chi connectivity index (χ1n) is 21.3. The zero-order valence-corrected chi connectivity index (χ0v) is 36.8. The van der Waals surface area contributed by atoms with Gasteiger partial charge in [-0.25, -0.2) is 0 Å². The van der Waals surface area contributed by atoms with Crippen LogP contribution in [0, 0.1) is 0 Å². The van der Waals surface area contributed by atoms with Crippen molar-refractivity contribution in [2.24, 2.45) is 0 Å². The van der Waals surface area contributed by atoms with Gasteiger partial charge in [0.1, 0.15) is 0 Å². The molecule has 2 unspecified atom stereocenters. The molecule has 0 amide bonds. The first-order chi connectivity index (χ1) is 28.4. The summed E-state index contributed by atoms with van der Waals surface area (Å²) in [5.41, 5.74) is 14.7. The molecule has 8 aromatic rings. The Morgan fingerprint density at radius 1 is 0.397 bits per heavy atom. The van der Waals surface area contributed by atoms with E-state index in [1.54, 1.807) is 32.6 Å². The van der Waals surface area contributed by atoms with E-state index in [4.69, 9.17) is 0 Å². The van der Waals surface area contributed by atoms with Gasteiger partial charge in [-0.05, 0) is 0 Å². The summed E-state index contributed by atoms with van der Waals surface area (Å²) in [4.78, 5) is 0. The Morgan fingerprint density at radius 2 is 0.759 bits per heavy atom. The number of hydrogen-bond acceptors (Lipinski definition) is 0. The third kappa shape index (κ3) is 5.66. The van der Waals surface area contributed by atoms with Crippen LogP contribution in [0.25, 0.3) is 56.0 Å². The molecule has 2 atom stereocenters. The van der Waals surface area contributed by atoms with Crippen molar-refractivity contribution in [2.75, 3.05) is 0 Å². The van der Waals surface area contributed by atoms with E-state index in [2.05, 4.69) is 218 Å². The van der Waals surface area contributed by atoms with Gasteiger partial charge in [-0.3, -0.25) is 0 Å². The predicted octanol–water partition coefficient (Wildman–Crippen LogP) is 14.0. The fraction of sp³-hybridized carbons (Fsp3) is 0.143. The summed E-state index contributed by atoms with van der Waals surface area (Å²) < 4.78 is 0.743. The molecule has 10 rings (SSSR count). The monoisotopic (exact) mass is 799 g/mol. The number of benzene rings is 8. The fourth-order valence-corrected chi connectivity index (χ4v) is 43.4. The van der Waals surface area contributed by atoms with Crippen molar-refractivity contribution in [3.05, 3.63) is 215 Å². The molecule has 0 bridgehead atoms. The maximum atomic E-state index is 2.93. The maximum absolute atomic E-state index is 4.17. The van der Waals surface area contributed by atoms with Gasteiger partial charge in [-0.2, -0.15) is 0 Å². The number of fused-ring (bicyclic) bond motifs is 4. The predicted molar refractivity (Wildman–Crippen MR) is 252 cm³/mol. The third-order valence-corrected chi connectivity index (χ3v) is 40.4. The molecular weight excluding hydrogens is 749 g/mol. The van der Waals surface area contributed by atoms with Crippen molar-refractivity contribution in [3.8, 4) is 22.3 Å².